The van der Waals surface area contributed by atoms with Crippen LogP contribution in [-0.2, 0) is 11.3 Å². The molecule has 0 radical (unpaired) electrons. The lowest BCUT2D eigenvalue weighted by Gasteiger charge is -2.21. The van der Waals surface area contributed by atoms with Crippen LogP contribution in [-0.4, -0.2) is 45.7 Å². The maximum Gasteiger partial charge on any atom is 0.0716 e. The summed E-state index contributed by atoms with van der Waals surface area (Å²) in [5.41, 5.74) is 8.31. The van der Waals surface area contributed by atoms with Gasteiger partial charge in [-0.25, -0.2) is 0 Å². The lowest BCUT2D eigenvalue weighted by molar-refractivity contribution is 0.183. The Morgan fingerprint density at radius 2 is 2.06 bits per heavy atom. The molecular formula is C14H25N3O. The molecule has 0 aromatic heterocycles. The number of methoxy groups -OCH3 is 1. The molecule has 0 aliphatic heterocycles. The molecule has 1 aromatic rings. The summed E-state index contributed by atoms with van der Waals surface area (Å²) in [6.45, 7) is 3.15. The average molecular weight is 251 g/mol. The third-order valence-electron chi connectivity index (χ3n) is 2.92. The Bertz CT molecular complexity index is 342. The van der Waals surface area contributed by atoms with Gasteiger partial charge in [0.15, 0.2) is 0 Å². The molecule has 1 atom stereocenters. The summed E-state index contributed by atoms with van der Waals surface area (Å²) in [4.78, 5) is 2.15. The maximum absolute atomic E-state index is 5.87. The van der Waals surface area contributed by atoms with E-state index in [1.807, 2.05) is 12.1 Å². The molecule has 1 unspecified atom stereocenters. The van der Waals surface area contributed by atoms with Gasteiger partial charge in [-0.3, -0.25) is 0 Å². The van der Waals surface area contributed by atoms with Crippen LogP contribution >= 0.6 is 0 Å². The summed E-state index contributed by atoms with van der Waals surface area (Å²) in [5.74, 6) is 0. The predicted molar refractivity (Wildman–Crippen MR) is 75.5 cm³/mol. The van der Waals surface area contributed by atoms with Crippen LogP contribution in [0.4, 0.5) is 0 Å². The maximum atomic E-state index is 5.87. The number of nitrogens with two attached hydrogens (primary N) is 1. The standard InChI is InChI=1S/C14H25N3O/c1-17(2)9-8-16-14(10-15)13-7-5-4-6-12(13)11-18-3/h4-7,14,16H,8-11,15H2,1-3H3. The van der Waals surface area contributed by atoms with E-state index in [1.165, 1.54) is 11.1 Å². The highest BCUT2D eigenvalue weighted by atomic mass is 16.5. The molecule has 18 heavy (non-hydrogen) atoms. The Morgan fingerprint density at radius 3 is 2.67 bits per heavy atom. The van der Waals surface area contributed by atoms with Gasteiger partial charge in [-0.05, 0) is 25.2 Å². The van der Waals surface area contributed by atoms with Crippen molar-refractivity contribution in [2.45, 2.75) is 12.6 Å². The minimum Gasteiger partial charge on any atom is -0.380 e. The van der Waals surface area contributed by atoms with Gasteiger partial charge in [0.05, 0.1) is 6.61 Å². The van der Waals surface area contributed by atoms with E-state index in [2.05, 4.69) is 36.4 Å². The lowest BCUT2D eigenvalue weighted by Crippen LogP contribution is -2.34. The summed E-state index contributed by atoms with van der Waals surface area (Å²) in [7, 11) is 5.85. The number of hydrogen-bond acceptors (Lipinski definition) is 4. The van der Waals surface area contributed by atoms with Crippen LogP contribution < -0.4 is 11.1 Å². The Hall–Kier alpha value is -0.940. The molecule has 0 aliphatic carbocycles. The molecule has 0 amide bonds. The van der Waals surface area contributed by atoms with Crippen molar-refractivity contribution in [3.63, 3.8) is 0 Å². The molecule has 4 nitrogen and oxygen atoms in total. The molecule has 102 valence electrons. The highest BCUT2D eigenvalue weighted by molar-refractivity contribution is 5.29. The van der Waals surface area contributed by atoms with Crippen LogP contribution in [0.1, 0.15) is 17.2 Å². The number of likely N-dealkylation sites (N-methyl/N-ethyl adjacent to an activating group) is 1. The van der Waals surface area contributed by atoms with E-state index in [-0.39, 0.29) is 6.04 Å². The topological polar surface area (TPSA) is 50.5 Å². The van der Waals surface area contributed by atoms with Crippen LogP contribution in [0.2, 0.25) is 0 Å². The number of benzene rings is 1. The summed E-state index contributed by atoms with van der Waals surface area (Å²) in [6, 6.07) is 8.48. The van der Waals surface area contributed by atoms with Crippen molar-refractivity contribution in [1.82, 2.24) is 10.2 Å². The number of nitrogens with one attached hydrogen (secondary N) is 1. The molecule has 1 rings (SSSR count). The largest absolute Gasteiger partial charge is 0.380 e. The molecule has 0 spiro atoms. The van der Waals surface area contributed by atoms with E-state index in [9.17, 15) is 0 Å². The lowest BCUT2D eigenvalue weighted by atomic mass is 10.0. The van der Waals surface area contributed by atoms with Crippen LogP contribution in [0.15, 0.2) is 24.3 Å². The fraction of sp³-hybridized carbons (Fsp3) is 0.571. The molecule has 4 heteroatoms. The Morgan fingerprint density at radius 1 is 1.33 bits per heavy atom. The molecule has 1 aromatic carbocycles. The minimum absolute atomic E-state index is 0.191. The van der Waals surface area contributed by atoms with Crippen LogP contribution in [0, 0.1) is 0 Å². The first-order valence-corrected chi connectivity index (χ1v) is 6.34. The Balaban J connectivity index is 2.68. The molecule has 0 fully saturated rings. The van der Waals surface area contributed by atoms with E-state index in [0.717, 1.165) is 13.1 Å². The van der Waals surface area contributed by atoms with Crippen molar-refractivity contribution < 1.29 is 4.74 Å². The van der Waals surface area contributed by atoms with Crippen LogP contribution in [0.3, 0.4) is 0 Å². The second-order valence-corrected chi connectivity index (χ2v) is 4.68. The second-order valence-electron chi connectivity index (χ2n) is 4.68. The normalized spacial score (nSPS) is 12.9. The van der Waals surface area contributed by atoms with Gasteiger partial charge in [0.1, 0.15) is 0 Å². The van der Waals surface area contributed by atoms with Crippen molar-refractivity contribution in [3.05, 3.63) is 35.4 Å². The molecule has 3 N–H and O–H groups in total. The fourth-order valence-corrected chi connectivity index (χ4v) is 1.94. The number of ether oxygens (including phenoxy) is 1. The van der Waals surface area contributed by atoms with Gasteiger partial charge in [0, 0.05) is 32.8 Å². The third-order valence-corrected chi connectivity index (χ3v) is 2.92. The van der Waals surface area contributed by atoms with E-state index in [4.69, 9.17) is 10.5 Å². The quantitative estimate of drug-likeness (QED) is 0.723. The minimum atomic E-state index is 0.191. The summed E-state index contributed by atoms with van der Waals surface area (Å²) in [6.07, 6.45) is 0. The first-order valence-electron chi connectivity index (χ1n) is 6.34. The smallest absolute Gasteiger partial charge is 0.0716 e. The third kappa shape index (κ3) is 4.74. The van der Waals surface area contributed by atoms with E-state index < -0.39 is 0 Å². The van der Waals surface area contributed by atoms with Crippen molar-refractivity contribution in [2.24, 2.45) is 5.73 Å². The zero-order chi connectivity index (χ0) is 13.4. The van der Waals surface area contributed by atoms with E-state index >= 15 is 0 Å². The second kappa shape index (κ2) is 8.21. The van der Waals surface area contributed by atoms with Gasteiger partial charge in [0.2, 0.25) is 0 Å². The average Bonchev–Trinajstić information content (AvgIpc) is 2.36. The molecular weight excluding hydrogens is 226 g/mol. The van der Waals surface area contributed by atoms with Crippen LogP contribution in [0.5, 0.6) is 0 Å². The number of nitrogens with zero attached hydrogens (tertiary/aromatic N) is 1. The Labute approximate surface area is 110 Å². The number of hydrogen-bond donors (Lipinski definition) is 2. The summed E-state index contributed by atoms with van der Waals surface area (Å²) in [5, 5.41) is 3.49. The molecule has 0 saturated heterocycles. The summed E-state index contributed by atoms with van der Waals surface area (Å²) < 4.78 is 5.23. The van der Waals surface area contributed by atoms with Crippen LogP contribution in [0.25, 0.3) is 0 Å². The highest BCUT2D eigenvalue weighted by Gasteiger charge is 2.12. The SMILES string of the molecule is COCc1ccccc1C(CN)NCCN(C)C. The zero-order valence-corrected chi connectivity index (χ0v) is 11.6. The van der Waals surface area contributed by atoms with Crippen molar-refractivity contribution in [3.8, 4) is 0 Å². The van der Waals surface area contributed by atoms with E-state index in [0.29, 0.717) is 13.2 Å². The highest BCUT2D eigenvalue weighted by Crippen LogP contribution is 2.17. The predicted octanol–water partition coefficient (Wildman–Crippen LogP) is 0.984. The van der Waals surface area contributed by atoms with E-state index in [1.54, 1.807) is 7.11 Å². The first-order chi connectivity index (χ1) is 8.69. The van der Waals surface area contributed by atoms with Crippen molar-refractivity contribution >= 4 is 0 Å². The van der Waals surface area contributed by atoms with Gasteiger partial charge in [0.25, 0.3) is 0 Å². The summed E-state index contributed by atoms with van der Waals surface area (Å²) >= 11 is 0. The van der Waals surface area contributed by atoms with Crippen molar-refractivity contribution in [2.75, 3.05) is 40.8 Å². The molecule has 0 saturated carbocycles. The van der Waals surface area contributed by atoms with Gasteiger partial charge >= 0.3 is 0 Å². The molecule has 0 heterocycles. The van der Waals surface area contributed by atoms with Gasteiger partial charge in [-0.2, -0.15) is 0 Å². The van der Waals surface area contributed by atoms with Gasteiger partial charge < -0.3 is 20.7 Å². The molecule has 0 aliphatic rings. The molecule has 0 bridgehead atoms. The zero-order valence-electron chi connectivity index (χ0n) is 11.6. The van der Waals surface area contributed by atoms with Gasteiger partial charge in [-0.15, -0.1) is 0 Å². The number of rotatable bonds is 8. The van der Waals surface area contributed by atoms with Gasteiger partial charge in [-0.1, -0.05) is 24.3 Å². The fourth-order valence-electron chi connectivity index (χ4n) is 1.94. The Kier molecular flexibility index (Phi) is 6.90. The van der Waals surface area contributed by atoms with Crippen molar-refractivity contribution in [1.29, 1.82) is 0 Å². The first kappa shape index (κ1) is 15.1. The monoisotopic (exact) mass is 251 g/mol.